The van der Waals surface area contributed by atoms with Crippen LogP contribution >= 0.6 is 11.3 Å². The Hall–Kier alpha value is -0.380. The molecule has 2 nitrogen and oxygen atoms in total. The third kappa shape index (κ3) is 4.64. The molecule has 0 radical (unpaired) electrons. The molecule has 1 unspecified atom stereocenters. The van der Waals surface area contributed by atoms with Gasteiger partial charge in [0, 0.05) is 17.5 Å². The van der Waals surface area contributed by atoms with E-state index < -0.39 is 0 Å². The van der Waals surface area contributed by atoms with Crippen molar-refractivity contribution in [2.75, 3.05) is 19.6 Å². The van der Waals surface area contributed by atoms with Crippen molar-refractivity contribution in [3.8, 4) is 0 Å². The van der Waals surface area contributed by atoms with E-state index in [2.05, 4.69) is 48.5 Å². The summed E-state index contributed by atoms with van der Waals surface area (Å²) < 4.78 is 0. The molecule has 0 bridgehead atoms. The van der Waals surface area contributed by atoms with E-state index in [4.69, 9.17) is 0 Å². The molecule has 0 fully saturated rings. The van der Waals surface area contributed by atoms with E-state index in [1.807, 2.05) is 11.3 Å². The highest BCUT2D eigenvalue weighted by atomic mass is 32.1. The van der Waals surface area contributed by atoms with Crippen molar-refractivity contribution in [2.45, 2.75) is 39.8 Å². The summed E-state index contributed by atoms with van der Waals surface area (Å²) in [6, 6.07) is 5.02. The molecule has 0 spiro atoms. The van der Waals surface area contributed by atoms with Crippen LogP contribution in [0.1, 0.15) is 32.1 Å². The molecule has 92 valence electrons. The average Bonchev–Trinajstić information content (AvgIpc) is 2.78. The molecule has 0 saturated heterocycles. The lowest BCUT2D eigenvalue weighted by Crippen LogP contribution is -2.34. The van der Waals surface area contributed by atoms with E-state index in [9.17, 15) is 0 Å². The molecule has 0 saturated carbocycles. The molecule has 0 aliphatic heterocycles. The first-order valence-corrected chi connectivity index (χ1v) is 7.13. The van der Waals surface area contributed by atoms with Crippen molar-refractivity contribution in [1.29, 1.82) is 0 Å². The van der Waals surface area contributed by atoms with Crippen LogP contribution < -0.4 is 5.32 Å². The van der Waals surface area contributed by atoms with E-state index in [1.54, 1.807) is 0 Å². The Balaban J connectivity index is 2.34. The van der Waals surface area contributed by atoms with Gasteiger partial charge < -0.3 is 5.32 Å². The number of hydrogen-bond donors (Lipinski definition) is 1. The number of nitrogens with zero attached hydrogens (tertiary/aromatic N) is 1. The molecule has 16 heavy (non-hydrogen) atoms. The number of thiophene rings is 1. The molecule has 1 rings (SSSR count). The monoisotopic (exact) mass is 240 g/mol. The van der Waals surface area contributed by atoms with Crippen LogP contribution in [-0.2, 0) is 6.54 Å². The predicted octanol–water partition coefficient (Wildman–Crippen LogP) is 2.96. The third-order valence-corrected chi connectivity index (χ3v) is 3.82. The number of hydrogen-bond acceptors (Lipinski definition) is 3. The largest absolute Gasteiger partial charge is 0.317 e. The molecule has 1 heterocycles. The van der Waals surface area contributed by atoms with Crippen LogP contribution in [0.25, 0.3) is 0 Å². The first-order chi connectivity index (χ1) is 7.77. The van der Waals surface area contributed by atoms with Crippen LogP contribution in [0.4, 0.5) is 0 Å². The van der Waals surface area contributed by atoms with E-state index in [-0.39, 0.29) is 0 Å². The molecule has 0 amide bonds. The minimum Gasteiger partial charge on any atom is -0.317 e. The topological polar surface area (TPSA) is 15.3 Å². The van der Waals surface area contributed by atoms with Gasteiger partial charge in [-0.3, -0.25) is 4.90 Å². The van der Waals surface area contributed by atoms with Gasteiger partial charge in [-0.25, -0.2) is 0 Å². The highest BCUT2D eigenvalue weighted by molar-refractivity contribution is 7.09. The SMILES string of the molecule is CCNCCC(C)N(CC)Cc1cccs1. The summed E-state index contributed by atoms with van der Waals surface area (Å²) >= 11 is 1.86. The predicted molar refractivity (Wildman–Crippen MR) is 73.0 cm³/mol. The Kier molecular flexibility index (Phi) is 6.69. The van der Waals surface area contributed by atoms with Crippen LogP contribution in [0.3, 0.4) is 0 Å². The fraction of sp³-hybridized carbons (Fsp3) is 0.692. The highest BCUT2D eigenvalue weighted by Gasteiger charge is 2.12. The van der Waals surface area contributed by atoms with Gasteiger partial charge in [0.05, 0.1) is 0 Å². The summed E-state index contributed by atoms with van der Waals surface area (Å²) in [4.78, 5) is 4.01. The Morgan fingerprint density at radius 1 is 1.44 bits per heavy atom. The third-order valence-electron chi connectivity index (χ3n) is 2.96. The van der Waals surface area contributed by atoms with Gasteiger partial charge in [0.2, 0.25) is 0 Å². The quantitative estimate of drug-likeness (QED) is 0.703. The summed E-state index contributed by atoms with van der Waals surface area (Å²) in [6.45, 7) is 11.2. The normalized spacial score (nSPS) is 13.2. The van der Waals surface area contributed by atoms with Gasteiger partial charge in [0.25, 0.3) is 0 Å². The van der Waals surface area contributed by atoms with Gasteiger partial charge >= 0.3 is 0 Å². The van der Waals surface area contributed by atoms with Crippen LogP contribution in [0.5, 0.6) is 0 Å². The van der Waals surface area contributed by atoms with Crippen molar-refractivity contribution in [2.24, 2.45) is 0 Å². The lowest BCUT2D eigenvalue weighted by molar-refractivity contribution is 0.202. The Morgan fingerprint density at radius 2 is 2.25 bits per heavy atom. The standard InChI is InChI=1S/C13H24N2S/c1-4-14-9-8-12(3)15(5-2)11-13-7-6-10-16-13/h6-7,10,12,14H,4-5,8-9,11H2,1-3H3. The molecule has 1 atom stereocenters. The molecule has 3 heteroatoms. The van der Waals surface area contributed by atoms with Crippen molar-refractivity contribution in [3.63, 3.8) is 0 Å². The molecule has 1 N–H and O–H groups in total. The maximum atomic E-state index is 3.39. The summed E-state index contributed by atoms with van der Waals surface area (Å²) in [5.74, 6) is 0. The second kappa shape index (κ2) is 7.82. The smallest absolute Gasteiger partial charge is 0.0330 e. The van der Waals surface area contributed by atoms with Gasteiger partial charge in [-0.1, -0.05) is 19.9 Å². The first-order valence-electron chi connectivity index (χ1n) is 6.25. The average molecular weight is 240 g/mol. The fourth-order valence-corrected chi connectivity index (χ4v) is 2.58. The summed E-state index contributed by atoms with van der Waals surface area (Å²) in [7, 11) is 0. The van der Waals surface area contributed by atoms with E-state index in [0.29, 0.717) is 6.04 Å². The number of rotatable bonds is 8. The minimum atomic E-state index is 0.658. The zero-order valence-electron chi connectivity index (χ0n) is 10.7. The maximum absolute atomic E-state index is 3.39. The van der Waals surface area contributed by atoms with Crippen LogP contribution in [0.2, 0.25) is 0 Å². The van der Waals surface area contributed by atoms with Crippen molar-refractivity contribution < 1.29 is 0 Å². The molecular formula is C13H24N2S. The van der Waals surface area contributed by atoms with Crippen molar-refractivity contribution >= 4 is 11.3 Å². The van der Waals surface area contributed by atoms with E-state index in [0.717, 1.165) is 26.2 Å². The zero-order chi connectivity index (χ0) is 11.8. The summed E-state index contributed by atoms with van der Waals surface area (Å²) in [6.07, 6.45) is 1.23. The molecular weight excluding hydrogens is 216 g/mol. The highest BCUT2D eigenvalue weighted by Crippen LogP contribution is 2.14. The fourth-order valence-electron chi connectivity index (χ4n) is 1.85. The van der Waals surface area contributed by atoms with Crippen LogP contribution in [0.15, 0.2) is 17.5 Å². The molecule has 0 aromatic carbocycles. The lowest BCUT2D eigenvalue weighted by Gasteiger charge is -2.27. The minimum absolute atomic E-state index is 0.658. The van der Waals surface area contributed by atoms with Gasteiger partial charge in [0.1, 0.15) is 0 Å². The summed E-state index contributed by atoms with van der Waals surface area (Å²) in [5.41, 5.74) is 0. The second-order valence-electron chi connectivity index (χ2n) is 4.13. The number of nitrogens with one attached hydrogen (secondary N) is 1. The van der Waals surface area contributed by atoms with Gasteiger partial charge in [-0.15, -0.1) is 11.3 Å². The Labute approximate surface area is 104 Å². The molecule has 0 aliphatic carbocycles. The molecule has 0 aliphatic rings. The maximum Gasteiger partial charge on any atom is 0.0330 e. The first kappa shape index (κ1) is 13.7. The Bertz CT molecular complexity index is 259. The van der Waals surface area contributed by atoms with Crippen molar-refractivity contribution in [1.82, 2.24) is 10.2 Å². The van der Waals surface area contributed by atoms with Crippen molar-refractivity contribution in [3.05, 3.63) is 22.4 Å². The lowest BCUT2D eigenvalue weighted by atomic mass is 10.2. The summed E-state index contributed by atoms with van der Waals surface area (Å²) in [5, 5.41) is 5.55. The molecule has 1 aromatic heterocycles. The molecule has 1 aromatic rings. The zero-order valence-corrected chi connectivity index (χ0v) is 11.5. The van der Waals surface area contributed by atoms with E-state index in [1.165, 1.54) is 11.3 Å². The van der Waals surface area contributed by atoms with Crippen LogP contribution in [-0.4, -0.2) is 30.6 Å². The van der Waals surface area contributed by atoms with Gasteiger partial charge in [-0.05, 0) is 44.4 Å². The van der Waals surface area contributed by atoms with Crippen LogP contribution in [0, 0.1) is 0 Å². The van der Waals surface area contributed by atoms with Gasteiger partial charge in [-0.2, -0.15) is 0 Å². The van der Waals surface area contributed by atoms with E-state index >= 15 is 0 Å². The van der Waals surface area contributed by atoms with Gasteiger partial charge in [0.15, 0.2) is 0 Å². The second-order valence-corrected chi connectivity index (χ2v) is 5.17. The Morgan fingerprint density at radius 3 is 2.81 bits per heavy atom.